The molecule has 1 aromatic heterocycles. The molecule has 7 heteroatoms. The summed E-state index contributed by atoms with van der Waals surface area (Å²) in [5.74, 6) is 2.43. The fraction of sp³-hybridized carbons (Fsp3) is 0.522. The molecule has 2 saturated heterocycles. The third kappa shape index (κ3) is 3.58. The van der Waals surface area contributed by atoms with Crippen molar-refractivity contribution >= 4 is 17.7 Å². The van der Waals surface area contributed by atoms with Gasteiger partial charge in [-0.2, -0.15) is 16.9 Å². The number of fused-ring (bicyclic) bond motifs is 1. The van der Waals surface area contributed by atoms with Crippen molar-refractivity contribution in [2.45, 2.75) is 37.0 Å². The van der Waals surface area contributed by atoms with E-state index in [2.05, 4.69) is 17.2 Å². The fourth-order valence-electron chi connectivity index (χ4n) is 4.88. The number of hydrogen-bond acceptors (Lipinski definition) is 5. The Bertz CT molecular complexity index is 979. The van der Waals surface area contributed by atoms with E-state index in [4.69, 9.17) is 4.74 Å². The van der Waals surface area contributed by atoms with E-state index >= 15 is 0 Å². The van der Waals surface area contributed by atoms with E-state index < -0.39 is 5.41 Å². The lowest BCUT2D eigenvalue weighted by molar-refractivity contribution is -0.148. The molecule has 0 saturated carbocycles. The zero-order chi connectivity index (χ0) is 20.6. The molecule has 3 aliphatic rings. The number of amides is 1. The summed E-state index contributed by atoms with van der Waals surface area (Å²) >= 11 is 1.86. The van der Waals surface area contributed by atoms with E-state index in [-0.39, 0.29) is 17.4 Å². The number of rotatable bonds is 4. The van der Waals surface area contributed by atoms with Crippen LogP contribution in [-0.4, -0.2) is 52.6 Å². The first-order valence-electron chi connectivity index (χ1n) is 10.8. The predicted octanol–water partition coefficient (Wildman–Crippen LogP) is 2.24. The van der Waals surface area contributed by atoms with Crippen molar-refractivity contribution in [1.82, 2.24) is 14.7 Å². The molecule has 2 fully saturated rings. The molecule has 1 aromatic carbocycles. The highest BCUT2D eigenvalue weighted by Gasteiger charge is 2.46. The maximum Gasteiger partial charge on any atom is 0.267 e. The number of ether oxygens (including phenoxy) is 1. The lowest BCUT2D eigenvalue weighted by Gasteiger charge is -2.46. The lowest BCUT2D eigenvalue weighted by atomic mass is 9.72. The van der Waals surface area contributed by atoms with Gasteiger partial charge in [0.05, 0.1) is 17.7 Å². The van der Waals surface area contributed by atoms with Gasteiger partial charge in [-0.3, -0.25) is 9.59 Å². The van der Waals surface area contributed by atoms with Gasteiger partial charge >= 0.3 is 0 Å². The smallest absolute Gasteiger partial charge is 0.267 e. The summed E-state index contributed by atoms with van der Waals surface area (Å²) in [6, 6.07) is 11.9. The highest BCUT2D eigenvalue weighted by molar-refractivity contribution is 7.98. The Balaban J connectivity index is 1.28. The Morgan fingerprint density at radius 3 is 2.73 bits per heavy atom. The fourth-order valence-corrected chi connectivity index (χ4v) is 5.84. The van der Waals surface area contributed by atoms with Gasteiger partial charge in [0.15, 0.2) is 0 Å². The Morgan fingerprint density at radius 2 is 1.97 bits per heavy atom. The first kappa shape index (κ1) is 19.8. The van der Waals surface area contributed by atoms with Crippen LogP contribution in [0.15, 0.2) is 41.2 Å². The Morgan fingerprint density at radius 1 is 1.20 bits per heavy atom. The molecule has 30 heavy (non-hydrogen) atoms. The minimum absolute atomic E-state index is 0.0220. The molecule has 5 rings (SSSR count). The molecular formula is C23H27N3O3S. The highest BCUT2D eigenvalue weighted by Crippen LogP contribution is 2.38. The standard InChI is InChI=1S/C23H27N3O3S/c27-21-12-18-16-30-11-6-20(18)24-26(21)15-17-13-25(14-17)22(28)23(7-9-29-10-8-23)19-4-2-1-3-5-19/h1-5,12,17H,6-11,13-16H2. The van der Waals surface area contributed by atoms with Gasteiger partial charge in [-0.25, -0.2) is 4.68 Å². The summed E-state index contributed by atoms with van der Waals surface area (Å²) in [6.45, 7) is 3.20. The van der Waals surface area contributed by atoms with Crippen LogP contribution in [0.5, 0.6) is 0 Å². The number of aryl methyl sites for hydroxylation is 1. The molecule has 0 radical (unpaired) electrons. The SMILES string of the molecule is O=C(N1CC(Cn2nc3c(cc2=O)CSCC3)C1)C1(c2ccccc2)CCOCC1. The summed E-state index contributed by atoms with van der Waals surface area (Å²) in [5, 5.41) is 4.63. The third-order valence-electron chi connectivity index (χ3n) is 6.66. The number of carbonyl (C=O) groups is 1. The van der Waals surface area contributed by atoms with Crippen LogP contribution in [0.4, 0.5) is 0 Å². The summed E-state index contributed by atoms with van der Waals surface area (Å²) in [4.78, 5) is 28.0. The molecule has 0 bridgehead atoms. The van der Waals surface area contributed by atoms with Crippen LogP contribution in [0.2, 0.25) is 0 Å². The summed E-state index contributed by atoms with van der Waals surface area (Å²) < 4.78 is 7.18. The molecule has 3 aliphatic heterocycles. The maximum absolute atomic E-state index is 13.5. The highest BCUT2D eigenvalue weighted by atomic mass is 32.2. The predicted molar refractivity (Wildman–Crippen MR) is 117 cm³/mol. The lowest BCUT2D eigenvalue weighted by Crippen LogP contribution is -2.59. The number of likely N-dealkylation sites (tertiary alicyclic amines) is 1. The van der Waals surface area contributed by atoms with Crippen LogP contribution >= 0.6 is 11.8 Å². The molecule has 0 atom stereocenters. The number of carbonyl (C=O) groups excluding carboxylic acids is 1. The zero-order valence-corrected chi connectivity index (χ0v) is 17.9. The van der Waals surface area contributed by atoms with Gasteiger partial charge in [0, 0.05) is 50.5 Å². The van der Waals surface area contributed by atoms with Gasteiger partial charge < -0.3 is 9.64 Å². The molecule has 0 N–H and O–H groups in total. The average molecular weight is 426 g/mol. The number of hydrogen-bond donors (Lipinski definition) is 0. The molecule has 1 amide bonds. The molecular weight excluding hydrogens is 398 g/mol. The third-order valence-corrected chi connectivity index (χ3v) is 7.67. The van der Waals surface area contributed by atoms with Gasteiger partial charge in [-0.1, -0.05) is 30.3 Å². The largest absolute Gasteiger partial charge is 0.381 e. The number of aromatic nitrogens is 2. The Labute approximate surface area is 180 Å². The second-order valence-electron chi connectivity index (χ2n) is 8.58. The van der Waals surface area contributed by atoms with Gasteiger partial charge in [-0.05, 0) is 29.7 Å². The average Bonchev–Trinajstić information content (AvgIpc) is 2.77. The topological polar surface area (TPSA) is 64.4 Å². The Kier molecular flexibility index (Phi) is 5.41. The molecule has 4 heterocycles. The van der Waals surface area contributed by atoms with Crippen molar-refractivity contribution in [2.24, 2.45) is 5.92 Å². The molecule has 6 nitrogen and oxygen atoms in total. The molecule has 0 aliphatic carbocycles. The summed E-state index contributed by atoms with van der Waals surface area (Å²) in [7, 11) is 0. The Hall–Kier alpha value is -2.12. The van der Waals surface area contributed by atoms with Crippen LogP contribution in [0, 0.1) is 5.92 Å². The van der Waals surface area contributed by atoms with E-state index in [1.54, 1.807) is 10.7 Å². The number of nitrogens with zero attached hydrogens (tertiary/aromatic N) is 3. The second-order valence-corrected chi connectivity index (χ2v) is 9.68. The first-order valence-corrected chi connectivity index (χ1v) is 11.9. The minimum atomic E-state index is -0.483. The molecule has 2 aromatic rings. The van der Waals surface area contributed by atoms with E-state index in [1.165, 1.54) is 0 Å². The monoisotopic (exact) mass is 425 g/mol. The van der Waals surface area contributed by atoms with Gasteiger partial charge in [0.25, 0.3) is 5.56 Å². The van der Waals surface area contributed by atoms with Crippen molar-refractivity contribution in [2.75, 3.05) is 32.1 Å². The second kappa shape index (κ2) is 8.19. The molecule has 0 spiro atoms. The van der Waals surface area contributed by atoms with Gasteiger partial charge in [0.1, 0.15) is 0 Å². The van der Waals surface area contributed by atoms with Crippen molar-refractivity contribution in [1.29, 1.82) is 0 Å². The number of thioether (sulfide) groups is 1. The van der Waals surface area contributed by atoms with Crippen molar-refractivity contribution in [3.8, 4) is 0 Å². The van der Waals surface area contributed by atoms with Crippen LogP contribution in [-0.2, 0) is 33.7 Å². The van der Waals surface area contributed by atoms with E-state index in [0.717, 1.165) is 47.6 Å². The van der Waals surface area contributed by atoms with E-state index in [1.807, 2.05) is 34.9 Å². The maximum atomic E-state index is 13.5. The minimum Gasteiger partial charge on any atom is -0.381 e. The molecule has 158 valence electrons. The summed E-state index contributed by atoms with van der Waals surface area (Å²) in [6.07, 6.45) is 2.37. The summed E-state index contributed by atoms with van der Waals surface area (Å²) in [5.41, 5.74) is 2.73. The van der Waals surface area contributed by atoms with Crippen molar-refractivity contribution in [3.05, 3.63) is 63.6 Å². The van der Waals surface area contributed by atoms with Gasteiger partial charge in [0.2, 0.25) is 5.91 Å². The zero-order valence-electron chi connectivity index (χ0n) is 17.1. The van der Waals surface area contributed by atoms with Crippen LogP contribution < -0.4 is 5.56 Å². The van der Waals surface area contributed by atoms with Gasteiger partial charge in [-0.15, -0.1) is 0 Å². The van der Waals surface area contributed by atoms with E-state index in [9.17, 15) is 9.59 Å². The normalized spacial score (nSPS) is 21.0. The van der Waals surface area contributed by atoms with E-state index in [0.29, 0.717) is 32.8 Å². The van der Waals surface area contributed by atoms with Crippen molar-refractivity contribution < 1.29 is 9.53 Å². The number of benzene rings is 1. The van der Waals surface area contributed by atoms with Crippen LogP contribution in [0.3, 0.4) is 0 Å². The molecule has 0 unspecified atom stereocenters. The van der Waals surface area contributed by atoms with Crippen molar-refractivity contribution in [3.63, 3.8) is 0 Å². The quantitative estimate of drug-likeness (QED) is 0.752. The first-order chi connectivity index (χ1) is 14.7. The van der Waals surface area contributed by atoms with Crippen LogP contribution in [0.25, 0.3) is 0 Å². The van der Waals surface area contributed by atoms with Crippen LogP contribution in [0.1, 0.15) is 29.7 Å².